The lowest BCUT2D eigenvalue weighted by Crippen LogP contribution is -2.30. The molecule has 2 rings (SSSR count). The van der Waals surface area contributed by atoms with Gasteiger partial charge in [0.25, 0.3) is 0 Å². The lowest BCUT2D eigenvalue weighted by molar-refractivity contribution is -0.119. The Kier molecular flexibility index (Phi) is 5.77. The van der Waals surface area contributed by atoms with E-state index in [1.165, 1.54) is 18.1 Å². The molecule has 0 saturated carbocycles. The van der Waals surface area contributed by atoms with Gasteiger partial charge in [0, 0.05) is 23.0 Å². The van der Waals surface area contributed by atoms with E-state index in [-0.39, 0.29) is 11.8 Å². The number of rotatable bonds is 7. The highest BCUT2D eigenvalue weighted by atomic mass is 32.2. The number of nitrogens with one attached hydrogen (secondary N) is 3. The number of nitrogens with zero attached hydrogens (tertiary/aromatic N) is 2. The Morgan fingerprint density at radius 3 is 2.76 bits per heavy atom. The van der Waals surface area contributed by atoms with Crippen molar-refractivity contribution < 1.29 is 4.79 Å². The molecule has 1 unspecified atom stereocenters. The summed E-state index contributed by atoms with van der Waals surface area (Å²) in [5, 5.41) is 13.4. The summed E-state index contributed by atoms with van der Waals surface area (Å²) in [5.41, 5.74) is 0.797. The van der Waals surface area contributed by atoms with Crippen LogP contribution in [-0.2, 0) is 4.79 Å². The molecule has 21 heavy (non-hydrogen) atoms. The van der Waals surface area contributed by atoms with Crippen LogP contribution < -0.4 is 10.6 Å². The molecule has 2 aromatic rings. The van der Waals surface area contributed by atoms with E-state index in [1.807, 2.05) is 38.1 Å². The topological polar surface area (TPSA) is 82.7 Å². The van der Waals surface area contributed by atoms with E-state index in [2.05, 4.69) is 25.8 Å². The smallest absolute Gasteiger partial charge is 0.228 e. The zero-order valence-electron chi connectivity index (χ0n) is 12.1. The maximum Gasteiger partial charge on any atom is 0.228 e. The lowest BCUT2D eigenvalue weighted by Gasteiger charge is -2.12. The molecule has 0 radical (unpaired) electrons. The predicted octanol–water partition coefficient (Wildman–Crippen LogP) is 2.14. The average molecular weight is 305 g/mol. The molecule has 1 heterocycles. The maximum absolute atomic E-state index is 12.0. The molecule has 3 N–H and O–H groups in total. The van der Waals surface area contributed by atoms with Gasteiger partial charge in [-0.1, -0.05) is 25.6 Å². The molecule has 7 heteroatoms. The molecule has 0 aliphatic heterocycles. The zero-order valence-corrected chi connectivity index (χ0v) is 12.9. The first kappa shape index (κ1) is 15.5. The molecule has 0 aliphatic carbocycles. The summed E-state index contributed by atoms with van der Waals surface area (Å²) in [4.78, 5) is 17.1. The average Bonchev–Trinajstić information content (AvgIpc) is 2.99. The van der Waals surface area contributed by atoms with Gasteiger partial charge in [0.15, 0.2) is 5.16 Å². The van der Waals surface area contributed by atoms with Gasteiger partial charge in [-0.3, -0.25) is 9.89 Å². The molecule has 0 bridgehead atoms. The summed E-state index contributed by atoms with van der Waals surface area (Å²) in [6.07, 6.45) is 1.47. The van der Waals surface area contributed by atoms with Gasteiger partial charge in [0.05, 0.1) is 0 Å². The van der Waals surface area contributed by atoms with Crippen LogP contribution in [0.5, 0.6) is 0 Å². The molecule has 1 aromatic carbocycles. The van der Waals surface area contributed by atoms with Crippen molar-refractivity contribution >= 4 is 23.4 Å². The SMILES string of the molecule is CCNCC(C)C(=O)Nc1ccc(Sc2ncn[nH]2)cc1. The maximum atomic E-state index is 12.0. The third-order valence-corrected chi connectivity index (χ3v) is 3.78. The second kappa shape index (κ2) is 7.80. The van der Waals surface area contributed by atoms with Gasteiger partial charge in [-0.15, -0.1) is 0 Å². The monoisotopic (exact) mass is 305 g/mol. The van der Waals surface area contributed by atoms with Crippen molar-refractivity contribution in [1.82, 2.24) is 20.5 Å². The third-order valence-electron chi connectivity index (χ3n) is 2.88. The number of carbonyl (C=O) groups is 1. The largest absolute Gasteiger partial charge is 0.326 e. The van der Waals surface area contributed by atoms with E-state index in [0.29, 0.717) is 6.54 Å². The van der Waals surface area contributed by atoms with Crippen molar-refractivity contribution in [3.63, 3.8) is 0 Å². The quantitative estimate of drug-likeness (QED) is 0.730. The van der Waals surface area contributed by atoms with E-state index < -0.39 is 0 Å². The number of aromatic amines is 1. The van der Waals surface area contributed by atoms with Crippen LogP contribution in [0.1, 0.15) is 13.8 Å². The van der Waals surface area contributed by atoms with Crippen molar-refractivity contribution in [3.05, 3.63) is 30.6 Å². The van der Waals surface area contributed by atoms with Crippen LogP contribution >= 0.6 is 11.8 Å². The molecule has 112 valence electrons. The molecule has 0 fully saturated rings. The van der Waals surface area contributed by atoms with E-state index in [1.54, 1.807) is 0 Å². The molecule has 1 amide bonds. The Balaban J connectivity index is 1.88. The Morgan fingerprint density at radius 1 is 1.38 bits per heavy atom. The van der Waals surface area contributed by atoms with E-state index >= 15 is 0 Å². The number of aromatic nitrogens is 3. The first-order valence-corrected chi connectivity index (χ1v) is 7.65. The fourth-order valence-corrected chi connectivity index (χ4v) is 2.37. The van der Waals surface area contributed by atoms with Crippen LogP contribution in [0.2, 0.25) is 0 Å². The van der Waals surface area contributed by atoms with Crippen molar-refractivity contribution in [1.29, 1.82) is 0 Å². The first-order chi connectivity index (χ1) is 10.2. The Hall–Kier alpha value is -1.86. The van der Waals surface area contributed by atoms with Crippen LogP contribution in [0, 0.1) is 5.92 Å². The number of amides is 1. The minimum absolute atomic E-state index is 0.0200. The molecule has 6 nitrogen and oxygen atoms in total. The minimum atomic E-state index is -0.0619. The van der Waals surface area contributed by atoms with Crippen LogP contribution in [-0.4, -0.2) is 34.2 Å². The predicted molar refractivity (Wildman–Crippen MR) is 83.3 cm³/mol. The van der Waals surface area contributed by atoms with Gasteiger partial charge in [-0.25, -0.2) is 4.98 Å². The van der Waals surface area contributed by atoms with Crippen LogP contribution in [0.4, 0.5) is 5.69 Å². The van der Waals surface area contributed by atoms with E-state index in [4.69, 9.17) is 0 Å². The third kappa shape index (κ3) is 4.87. The van der Waals surface area contributed by atoms with E-state index in [0.717, 1.165) is 22.3 Å². The minimum Gasteiger partial charge on any atom is -0.326 e. The summed E-state index contributed by atoms with van der Waals surface area (Å²) in [7, 11) is 0. The van der Waals surface area contributed by atoms with Gasteiger partial charge in [-0.05, 0) is 30.8 Å². The highest BCUT2D eigenvalue weighted by Crippen LogP contribution is 2.25. The fourth-order valence-electron chi connectivity index (χ4n) is 1.68. The van der Waals surface area contributed by atoms with Gasteiger partial charge >= 0.3 is 0 Å². The normalized spacial score (nSPS) is 12.1. The number of hydrogen-bond donors (Lipinski definition) is 3. The molecule has 0 saturated heterocycles. The zero-order chi connectivity index (χ0) is 15.1. The van der Waals surface area contributed by atoms with Crippen LogP contribution in [0.15, 0.2) is 40.6 Å². The summed E-state index contributed by atoms with van der Waals surface area (Å²) < 4.78 is 0. The summed E-state index contributed by atoms with van der Waals surface area (Å²) in [6.45, 7) is 5.48. The number of benzene rings is 1. The fraction of sp³-hybridized carbons (Fsp3) is 0.357. The standard InChI is InChI=1S/C14H19N5OS/c1-3-15-8-10(2)13(20)18-11-4-6-12(7-5-11)21-14-16-9-17-19-14/h4-7,9-10,15H,3,8H2,1-2H3,(H,18,20)(H,16,17,19). The lowest BCUT2D eigenvalue weighted by atomic mass is 10.1. The molecule has 1 aromatic heterocycles. The second-order valence-corrected chi connectivity index (χ2v) is 5.68. The molecular weight excluding hydrogens is 286 g/mol. The van der Waals surface area contributed by atoms with E-state index in [9.17, 15) is 4.79 Å². The highest BCUT2D eigenvalue weighted by molar-refractivity contribution is 7.99. The number of carbonyl (C=O) groups excluding carboxylic acids is 1. The molecule has 0 spiro atoms. The molecule has 1 atom stereocenters. The summed E-state index contributed by atoms with van der Waals surface area (Å²) >= 11 is 1.49. The Labute approximate surface area is 128 Å². The van der Waals surface area contributed by atoms with Crippen LogP contribution in [0.3, 0.4) is 0 Å². The van der Waals surface area contributed by atoms with Gasteiger partial charge in [0.1, 0.15) is 6.33 Å². The van der Waals surface area contributed by atoms with Crippen LogP contribution in [0.25, 0.3) is 0 Å². The van der Waals surface area contributed by atoms with Gasteiger partial charge < -0.3 is 10.6 Å². The highest BCUT2D eigenvalue weighted by Gasteiger charge is 2.12. The summed E-state index contributed by atoms with van der Waals surface area (Å²) in [5.74, 6) is -0.0419. The van der Waals surface area contributed by atoms with Gasteiger partial charge in [-0.2, -0.15) is 5.10 Å². The number of H-pyrrole nitrogens is 1. The summed E-state index contributed by atoms with van der Waals surface area (Å²) in [6, 6.07) is 7.66. The van der Waals surface area contributed by atoms with Crippen molar-refractivity contribution in [2.24, 2.45) is 5.92 Å². The first-order valence-electron chi connectivity index (χ1n) is 6.84. The molecule has 0 aliphatic rings. The Morgan fingerprint density at radius 2 is 2.14 bits per heavy atom. The van der Waals surface area contributed by atoms with Gasteiger partial charge in [0.2, 0.25) is 5.91 Å². The molecular formula is C14H19N5OS. The number of hydrogen-bond acceptors (Lipinski definition) is 5. The van der Waals surface area contributed by atoms with Crippen molar-refractivity contribution in [2.75, 3.05) is 18.4 Å². The van der Waals surface area contributed by atoms with Crippen molar-refractivity contribution in [2.45, 2.75) is 23.9 Å². The Bertz CT molecular complexity index is 555. The number of anilines is 1. The van der Waals surface area contributed by atoms with Crippen molar-refractivity contribution in [3.8, 4) is 0 Å². The second-order valence-electron chi connectivity index (χ2n) is 4.62.